The number of fused-ring (bicyclic) bond motifs is 1. The van der Waals surface area contributed by atoms with E-state index < -0.39 is 15.6 Å². The van der Waals surface area contributed by atoms with Gasteiger partial charge in [-0.1, -0.05) is 18.6 Å². The molecule has 6 nitrogen and oxygen atoms in total. The Morgan fingerprint density at radius 3 is 2.68 bits per heavy atom. The molecule has 2 aromatic rings. The van der Waals surface area contributed by atoms with E-state index in [1.54, 1.807) is 12.1 Å². The number of hydrogen-bond acceptors (Lipinski definition) is 5. The first-order valence-corrected chi connectivity index (χ1v) is 11.3. The van der Waals surface area contributed by atoms with Crippen molar-refractivity contribution in [3.05, 3.63) is 35.9 Å². The topological polar surface area (TPSA) is 68.1 Å². The highest BCUT2D eigenvalue weighted by Gasteiger charge is 2.33. The lowest BCUT2D eigenvalue weighted by Crippen LogP contribution is -2.36. The molecule has 0 bridgehead atoms. The van der Waals surface area contributed by atoms with Crippen LogP contribution in [0.1, 0.15) is 49.7 Å². The summed E-state index contributed by atoms with van der Waals surface area (Å²) in [5.74, 6) is -1.36. The number of rotatable bonds is 4. The molecule has 1 atom stereocenters. The standard InChI is InChI=1S/C19H24F2N4O2S/c20-19(21)28(26,27)16-9-4-3-8-15(16)24-11-6-7-14(13-24)18-23-22-17-10-2-1-5-12-25(17)18/h3-4,8-9,14,19H,1-2,5-7,10-13H2. The molecule has 1 aromatic carbocycles. The Balaban J connectivity index is 1.64. The molecule has 152 valence electrons. The molecule has 0 N–H and O–H groups in total. The first-order valence-electron chi connectivity index (χ1n) is 9.76. The van der Waals surface area contributed by atoms with Gasteiger partial charge in [0.25, 0.3) is 0 Å². The van der Waals surface area contributed by atoms with Crippen LogP contribution in [0, 0.1) is 0 Å². The van der Waals surface area contributed by atoms with Gasteiger partial charge in [0.05, 0.1) is 10.6 Å². The Hall–Kier alpha value is -2.03. The number of benzene rings is 1. The number of anilines is 1. The maximum absolute atomic E-state index is 13.1. The van der Waals surface area contributed by atoms with Crippen molar-refractivity contribution in [2.45, 2.75) is 61.6 Å². The SMILES string of the molecule is O=S(=O)(c1ccccc1N1CCCC(c2nnc3n2CCCCC3)C1)C(F)F. The molecule has 1 unspecified atom stereocenters. The zero-order valence-electron chi connectivity index (χ0n) is 15.6. The fourth-order valence-electron chi connectivity index (χ4n) is 4.27. The molecule has 3 heterocycles. The third-order valence-corrected chi connectivity index (χ3v) is 7.10. The van der Waals surface area contributed by atoms with Crippen LogP contribution in [0.2, 0.25) is 0 Å². The Labute approximate surface area is 163 Å². The Morgan fingerprint density at radius 2 is 1.86 bits per heavy atom. The molecule has 0 aliphatic carbocycles. The smallest absolute Gasteiger partial charge is 0.341 e. The molecule has 2 aliphatic rings. The highest BCUT2D eigenvalue weighted by molar-refractivity contribution is 7.91. The van der Waals surface area contributed by atoms with Crippen molar-refractivity contribution in [2.24, 2.45) is 0 Å². The molecule has 9 heteroatoms. The van der Waals surface area contributed by atoms with Crippen LogP contribution >= 0.6 is 0 Å². The first-order chi connectivity index (χ1) is 13.5. The van der Waals surface area contributed by atoms with E-state index in [9.17, 15) is 17.2 Å². The molecule has 2 aliphatic heterocycles. The monoisotopic (exact) mass is 410 g/mol. The molecule has 0 radical (unpaired) electrons. The van der Waals surface area contributed by atoms with Crippen LogP contribution in [-0.2, 0) is 22.8 Å². The van der Waals surface area contributed by atoms with E-state index in [0.29, 0.717) is 18.8 Å². The highest BCUT2D eigenvalue weighted by Crippen LogP contribution is 2.35. The summed E-state index contributed by atoms with van der Waals surface area (Å²) in [6.45, 7) is 2.09. The van der Waals surface area contributed by atoms with Crippen molar-refractivity contribution in [3.8, 4) is 0 Å². The first kappa shape index (κ1) is 19.3. The van der Waals surface area contributed by atoms with Gasteiger partial charge < -0.3 is 9.47 Å². The Kier molecular flexibility index (Phi) is 5.35. The fourth-order valence-corrected chi connectivity index (χ4v) is 5.22. The Bertz CT molecular complexity index is 945. The lowest BCUT2D eigenvalue weighted by molar-refractivity contribution is 0.234. The van der Waals surface area contributed by atoms with Gasteiger partial charge in [0.15, 0.2) is 0 Å². The van der Waals surface area contributed by atoms with Gasteiger partial charge in [-0.2, -0.15) is 8.78 Å². The summed E-state index contributed by atoms with van der Waals surface area (Å²) < 4.78 is 52.8. The molecule has 4 rings (SSSR count). The van der Waals surface area contributed by atoms with E-state index in [4.69, 9.17) is 0 Å². The molecule has 28 heavy (non-hydrogen) atoms. The van der Waals surface area contributed by atoms with Gasteiger partial charge in [0, 0.05) is 32.0 Å². The molecule has 1 aromatic heterocycles. The van der Waals surface area contributed by atoms with E-state index in [1.807, 2.05) is 4.90 Å². The van der Waals surface area contributed by atoms with Gasteiger partial charge in [0.1, 0.15) is 11.6 Å². The fraction of sp³-hybridized carbons (Fsp3) is 0.579. The summed E-state index contributed by atoms with van der Waals surface area (Å²) in [6, 6.07) is 6.05. The average Bonchev–Trinajstić information content (AvgIpc) is 2.96. The van der Waals surface area contributed by atoms with Crippen molar-refractivity contribution in [1.82, 2.24) is 14.8 Å². The molecule has 1 fully saturated rings. The predicted molar refractivity (Wildman–Crippen MR) is 101 cm³/mol. The average molecular weight is 410 g/mol. The van der Waals surface area contributed by atoms with Gasteiger partial charge in [-0.15, -0.1) is 10.2 Å². The zero-order valence-corrected chi connectivity index (χ0v) is 16.4. The number of halogens is 2. The number of alkyl halides is 2. The van der Waals surface area contributed by atoms with Crippen LogP contribution in [-0.4, -0.2) is 42.0 Å². The van der Waals surface area contributed by atoms with Crippen LogP contribution in [0.15, 0.2) is 29.2 Å². The molecule has 0 amide bonds. The summed E-state index contributed by atoms with van der Waals surface area (Å²) in [7, 11) is -4.66. The second kappa shape index (κ2) is 7.77. The maximum Gasteiger partial charge on any atom is 0.341 e. The third kappa shape index (κ3) is 3.52. The van der Waals surface area contributed by atoms with Gasteiger partial charge in [-0.05, 0) is 37.8 Å². The van der Waals surface area contributed by atoms with E-state index in [0.717, 1.165) is 50.3 Å². The molecule has 0 saturated carbocycles. The second-order valence-electron chi connectivity index (χ2n) is 7.50. The summed E-state index contributed by atoms with van der Waals surface area (Å²) in [4.78, 5) is 1.60. The normalized spacial score (nSPS) is 20.8. The van der Waals surface area contributed by atoms with Gasteiger partial charge >= 0.3 is 5.76 Å². The second-order valence-corrected chi connectivity index (χ2v) is 9.38. The predicted octanol–water partition coefficient (Wildman–Crippen LogP) is 3.38. The van der Waals surface area contributed by atoms with E-state index in [1.165, 1.54) is 18.6 Å². The van der Waals surface area contributed by atoms with E-state index in [-0.39, 0.29) is 10.8 Å². The van der Waals surface area contributed by atoms with Crippen LogP contribution in [0.4, 0.5) is 14.5 Å². The summed E-state index contributed by atoms with van der Waals surface area (Å²) >= 11 is 0. The number of nitrogens with zero attached hydrogens (tertiary/aromatic N) is 4. The minimum atomic E-state index is -4.66. The van der Waals surface area contributed by atoms with Crippen molar-refractivity contribution in [1.29, 1.82) is 0 Å². The summed E-state index contributed by atoms with van der Waals surface area (Å²) in [5, 5.41) is 8.81. The van der Waals surface area contributed by atoms with Crippen LogP contribution in [0.5, 0.6) is 0 Å². The van der Waals surface area contributed by atoms with E-state index >= 15 is 0 Å². The number of sulfone groups is 1. The maximum atomic E-state index is 13.1. The van der Waals surface area contributed by atoms with Crippen molar-refractivity contribution in [3.63, 3.8) is 0 Å². The van der Waals surface area contributed by atoms with Crippen LogP contribution in [0.25, 0.3) is 0 Å². The molecular weight excluding hydrogens is 386 g/mol. The van der Waals surface area contributed by atoms with Crippen molar-refractivity contribution < 1.29 is 17.2 Å². The van der Waals surface area contributed by atoms with Gasteiger partial charge in [-0.3, -0.25) is 0 Å². The molecule has 1 saturated heterocycles. The van der Waals surface area contributed by atoms with Gasteiger partial charge in [-0.25, -0.2) is 8.42 Å². The van der Waals surface area contributed by atoms with Crippen molar-refractivity contribution >= 4 is 15.5 Å². The highest BCUT2D eigenvalue weighted by atomic mass is 32.2. The van der Waals surface area contributed by atoms with Crippen LogP contribution in [0.3, 0.4) is 0 Å². The lowest BCUT2D eigenvalue weighted by atomic mass is 9.96. The number of aryl methyl sites for hydroxylation is 1. The number of para-hydroxylation sites is 1. The Morgan fingerprint density at radius 1 is 1.04 bits per heavy atom. The van der Waals surface area contributed by atoms with Crippen LogP contribution < -0.4 is 4.90 Å². The number of hydrogen-bond donors (Lipinski definition) is 0. The lowest BCUT2D eigenvalue weighted by Gasteiger charge is -2.35. The summed E-state index contributed by atoms with van der Waals surface area (Å²) in [5.41, 5.74) is 0.350. The quantitative estimate of drug-likeness (QED) is 0.773. The number of piperidine rings is 1. The molecule has 0 spiro atoms. The van der Waals surface area contributed by atoms with Crippen molar-refractivity contribution in [2.75, 3.05) is 18.0 Å². The number of aromatic nitrogens is 3. The van der Waals surface area contributed by atoms with E-state index in [2.05, 4.69) is 14.8 Å². The third-order valence-electron chi connectivity index (χ3n) is 5.67. The largest absolute Gasteiger partial charge is 0.370 e. The molecular formula is C19H24F2N4O2S. The summed E-state index contributed by atoms with van der Waals surface area (Å²) in [6.07, 6.45) is 6.10. The zero-order chi connectivity index (χ0) is 19.7. The van der Waals surface area contributed by atoms with Gasteiger partial charge in [0.2, 0.25) is 9.84 Å². The minimum absolute atomic E-state index is 0.107. The minimum Gasteiger partial charge on any atom is -0.370 e.